The van der Waals surface area contributed by atoms with E-state index in [-0.39, 0.29) is 6.09 Å². The van der Waals surface area contributed by atoms with E-state index < -0.39 is 5.60 Å². The number of carbonyl (C=O) groups is 1. The number of ether oxygens (including phenoxy) is 3. The minimum Gasteiger partial charge on any atom is -0.494 e. The molecule has 0 N–H and O–H groups in total. The molecule has 0 bridgehead atoms. The number of benzene rings is 3. The number of rotatable bonds is 13. The van der Waals surface area contributed by atoms with Crippen LogP contribution in [0.1, 0.15) is 59.7 Å². The molecule has 1 fully saturated rings. The molecule has 0 aliphatic carbocycles. The molecular formula is C39H49ClN4O4. The minimum absolute atomic E-state index is 0.234. The van der Waals surface area contributed by atoms with Crippen molar-refractivity contribution in [2.24, 2.45) is 5.92 Å². The van der Waals surface area contributed by atoms with Crippen LogP contribution >= 0.6 is 11.6 Å². The Balaban J connectivity index is 1.30. The molecule has 256 valence electrons. The summed E-state index contributed by atoms with van der Waals surface area (Å²) in [6.07, 6.45) is 5.48. The molecule has 0 radical (unpaired) electrons. The van der Waals surface area contributed by atoms with E-state index in [1.165, 1.54) is 0 Å². The summed E-state index contributed by atoms with van der Waals surface area (Å²) in [4.78, 5) is 22.0. The third-order valence-electron chi connectivity index (χ3n) is 8.61. The molecule has 0 unspecified atom stereocenters. The van der Waals surface area contributed by atoms with Crippen molar-refractivity contribution in [1.29, 1.82) is 0 Å². The van der Waals surface area contributed by atoms with Gasteiger partial charge in [-0.05, 0) is 132 Å². The van der Waals surface area contributed by atoms with Crippen LogP contribution in [-0.2, 0) is 11.2 Å². The molecule has 1 saturated heterocycles. The predicted octanol–water partition coefficient (Wildman–Crippen LogP) is 9.29. The molecule has 0 saturated carbocycles. The quantitative estimate of drug-likeness (QED) is 0.132. The van der Waals surface area contributed by atoms with Gasteiger partial charge in [-0.25, -0.2) is 9.78 Å². The number of hydrogen-bond acceptors (Lipinski definition) is 6. The first-order valence-electron chi connectivity index (χ1n) is 17.2. The summed E-state index contributed by atoms with van der Waals surface area (Å²) >= 11 is 6.04. The predicted molar refractivity (Wildman–Crippen MR) is 193 cm³/mol. The standard InChI is InChI=1S/C39H49ClN4O4/c1-6-42(7-2)23-8-26-46-33-15-9-30(10-16-33)36-28-44(32-13-19-35(20-14-32)47-34-17-11-31(40)12-18-34)37(41-36)27-29-21-24-43(25-22-29)38(45)48-39(3,4)5/h9-20,28-29H,6-8,21-27H2,1-5H3. The monoisotopic (exact) mass is 672 g/mol. The summed E-state index contributed by atoms with van der Waals surface area (Å²) in [6.45, 7) is 15.3. The van der Waals surface area contributed by atoms with Gasteiger partial charge in [0.1, 0.15) is 28.7 Å². The Bertz CT molecular complexity index is 1590. The van der Waals surface area contributed by atoms with Crippen LogP contribution in [0, 0.1) is 5.92 Å². The van der Waals surface area contributed by atoms with E-state index in [0.29, 0.717) is 30.6 Å². The first kappa shape index (κ1) is 35.3. The summed E-state index contributed by atoms with van der Waals surface area (Å²) in [7, 11) is 0. The van der Waals surface area contributed by atoms with Crippen molar-refractivity contribution in [2.75, 3.05) is 39.3 Å². The van der Waals surface area contributed by atoms with Crippen LogP contribution in [0.5, 0.6) is 17.2 Å². The van der Waals surface area contributed by atoms with Crippen LogP contribution in [0.25, 0.3) is 16.9 Å². The van der Waals surface area contributed by atoms with E-state index in [9.17, 15) is 4.79 Å². The summed E-state index contributed by atoms with van der Waals surface area (Å²) in [5, 5.41) is 0.671. The van der Waals surface area contributed by atoms with Crippen molar-refractivity contribution < 1.29 is 19.0 Å². The van der Waals surface area contributed by atoms with Crippen molar-refractivity contribution in [2.45, 2.75) is 65.9 Å². The van der Waals surface area contributed by atoms with Crippen molar-refractivity contribution in [3.63, 3.8) is 0 Å². The number of piperidine rings is 1. The molecule has 5 rings (SSSR count). The van der Waals surface area contributed by atoms with Crippen LogP contribution in [0.3, 0.4) is 0 Å². The molecule has 1 amide bonds. The zero-order valence-electron chi connectivity index (χ0n) is 29.0. The normalized spacial score (nSPS) is 13.9. The third kappa shape index (κ3) is 10.0. The minimum atomic E-state index is -0.500. The molecule has 2 heterocycles. The van der Waals surface area contributed by atoms with Gasteiger partial charge in [-0.3, -0.25) is 0 Å². The molecule has 8 nitrogen and oxygen atoms in total. The highest BCUT2D eigenvalue weighted by Gasteiger charge is 2.28. The molecule has 48 heavy (non-hydrogen) atoms. The summed E-state index contributed by atoms with van der Waals surface area (Å²) in [6, 6.07) is 23.6. The topological polar surface area (TPSA) is 69.1 Å². The molecule has 9 heteroatoms. The number of amides is 1. The number of imidazole rings is 1. The Morgan fingerprint density at radius 2 is 1.50 bits per heavy atom. The second-order valence-corrected chi connectivity index (χ2v) is 13.8. The number of carbonyl (C=O) groups excluding carboxylic acids is 1. The van der Waals surface area contributed by atoms with Gasteiger partial charge < -0.3 is 28.6 Å². The largest absolute Gasteiger partial charge is 0.494 e. The average Bonchev–Trinajstić information content (AvgIpc) is 3.49. The van der Waals surface area contributed by atoms with Crippen molar-refractivity contribution in [1.82, 2.24) is 19.4 Å². The fourth-order valence-electron chi connectivity index (χ4n) is 5.88. The van der Waals surface area contributed by atoms with E-state index in [0.717, 1.165) is 85.3 Å². The maximum absolute atomic E-state index is 12.6. The lowest BCUT2D eigenvalue weighted by Gasteiger charge is -2.33. The van der Waals surface area contributed by atoms with Gasteiger partial charge in [0.2, 0.25) is 0 Å². The maximum Gasteiger partial charge on any atom is 0.410 e. The summed E-state index contributed by atoms with van der Waals surface area (Å²) in [5.74, 6) is 3.73. The van der Waals surface area contributed by atoms with E-state index in [2.05, 4.69) is 53.8 Å². The van der Waals surface area contributed by atoms with Gasteiger partial charge in [-0.2, -0.15) is 0 Å². The van der Waals surface area contributed by atoms with E-state index in [4.69, 9.17) is 30.8 Å². The highest BCUT2D eigenvalue weighted by atomic mass is 35.5. The Kier molecular flexibility index (Phi) is 12.1. The first-order valence-corrected chi connectivity index (χ1v) is 17.5. The highest BCUT2D eigenvalue weighted by molar-refractivity contribution is 6.30. The van der Waals surface area contributed by atoms with Gasteiger partial charge in [-0.1, -0.05) is 25.4 Å². The number of nitrogens with zero attached hydrogens (tertiary/aromatic N) is 4. The van der Waals surface area contributed by atoms with Gasteiger partial charge in [0.25, 0.3) is 0 Å². The van der Waals surface area contributed by atoms with Crippen LogP contribution in [0.2, 0.25) is 5.02 Å². The van der Waals surface area contributed by atoms with Crippen molar-refractivity contribution in [3.05, 3.63) is 89.8 Å². The van der Waals surface area contributed by atoms with Crippen molar-refractivity contribution >= 4 is 17.7 Å². The van der Waals surface area contributed by atoms with Crippen LogP contribution in [0.4, 0.5) is 4.79 Å². The van der Waals surface area contributed by atoms with Crippen LogP contribution in [-0.4, -0.2) is 70.4 Å². The SMILES string of the molecule is CCN(CC)CCCOc1ccc(-c2cn(-c3ccc(Oc4ccc(Cl)cc4)cc3)c(CC3CCN(C(=O)OC(C)(C)C)CC3)n2)cc1. The third-order valence-corrected chi connectivity index (χ3v) is 8.86. The smallest absolute Gasteiger partial charge is 0.410 e. The Hall–Kier alpha value is -4.01. The molecule has 0 atom stereocenters. The summed E-state index contributed by atoms with van der Waals surface area (Å²) in [5.41, 5.74) is 2.45. The molecule has 1 aliphatic rings. The zero-order chi connectivity index (χ0) is 34.1. The van der Waals surface area contributed by atoms with Crippen LogP contribution in [0.15, 0.2) is 79.0 Å². The van der Waals surface area contributed by atoms with Gasteiger partial charge in [-0.15, -0.1) is 0 Å². The lowest BCUT2D eigenvalue weighted by molar-refractivity contribution is 0.0183. The van der Waals surface area contributed by atoms with E-state index >= 15 is 0 Å². The number of hydrogen-bond donors (Lipinski definition) is 0. The lowest BCUT2D eigenvalue weighted by atomic mass is 9.93. The zero-order valence-corrected chi connectivity index (χ0v) is 29.7. The maximum atomic E-state index is 12.6. The summed E-state index contributed by atoms with van der Waals surface area (Å²) < 4.78 is 19.9. The number of halogens is 1. The lowest BCUT2D eigenvalue weighted by Crippen LogP contribution is -2.42. The first-order chi connectivity index (χ1) is 23.1. The van der Waals surface area contributed by atoms with Gasteiger partial charge in [0.05, 0.1) is 12.3 Å². The molecule has 4 aromatic rings. The van der Waals surface area contributed by atoms with Crippen molar-refractivity contribution in [3.8, 4) is 34.2 Å². The molecule has 0 spiro atoms. The molecule has 1 aliphatic heterocycles. The molecule has 3 aromatic carbocycles. The second kappa shape index (κ2) is 16.4. The van der Waals surface area contributed by atoms with Gasteiger partial charge in [0.15, 0.2) is 0 Å². The Morgan fingerprint density at radius 1 is 0.896 bits per heavy atom. The van der Waals surface area contributed by atoms with E-state index in [1.807, 2.05) is 74.2 Å². The Labute approximate surface area is 290 Å². The average molecular weight is 673 g/mol. The number of likely N-dealkylation sites (tertiary alicyclic amines) is 1. The fraction of sp³-hybridized carbons (Fsp3) is 0.436. The molecule has 1 aromatic heterocycles. The second-order valence-electron chi connectivity index (χ2n) is 13.3. The van der Waals surface area contributed by atoms with E-state index in [1.54, 1.807) is 0 Å². The van der Waals surface area contributed by atoms with Gasteiger partial charge >= 0.3 is 6.09 Å². The number of aromatic nitrogens is 2. The van der Waals surface area contributed by atoms with Crippen LogP contribution < -0.4 is 9.47 Å². The van der Waals surface area contributed by atoms with Gasteiger partial charge in [0, 0.05) is 48.5 Å². The Morgan fingerprint density at radius 3 is 2.10 bits per heavy atom. The molecular weight excluding hydrogens is 624 g/mol. The fourth-order valence-corrected chi connectivity index (χ4v) is 6.01. The highest BCUT2D eigenvalue weighted by Crippen LogP contribution is 2.30.